The molecule has 2 aromatic carbocycles. The number of aliphatic hydroxyl groups is 1. The van der Waals surface area contributed by atoms with Crippen molar-refractivity contribution < 1.29 is 14.1 Å². The van der Waals surface area contributed by atoms with Gasteiger partial charge in [-0.2, -0.15) is 0 Å². The number of benzene rings is 2. The average molecular weight is 333 g/mol. The quantitative estimate of drug-likeness (QED) is 0.690. The molecular formula is C18H23NO3S. The Kier molecular flexibility index (Phi) is 7.26. The van der Waals surface area contributed by atoms with Gasteiger partial charge in [-0.3, -0.25) is 4.21 Å². The predicted octanol–water partition coefficient (Wildman–Crippen LogP) is 2.13. The molecule has 2 aromatic rings. The van der Waals surface area contributed by atoms with Gasteiger partial charge in [0.15, 0.2) is 0 Å². The lowest BCUT2D eigenvalue weighted by Crippen LogP contribution is -2.33. The molecule has 124 valence electrons. The van der Waals surface area contributed by atoms with E-state index >= 15 is 0 Å². The summed E-state index contributed by atoms with van der Waals surface area (Å²) in [6, 6.07) is 17.1. The summed E-state index contributed by atoms with van der Waals surface area (Å²) in [6.45, 7) is 3.24. The highest BCUT2D eigenvalue weighted by Crippen LogP contribution is 2.09. The average Bonchev–Trinajstić information content (AvgIpc) is 2.58. The van der Waals surface area contributed by atoms with Gasteiger partial charge in [0.1, 0.15) is 18.5 Å². The monoisotopic (exact) mass is 333 g/mol. The zero-order valence-corrected chi connectivity index (χ0v) is 14.1. The van der Waals surface area contributed by atoms with Gasteiger partial charge in [0.2, 0.25) is 0 Å². The van der Waals surface area contributed by atoms with E-state index in [1.165, 1.54) is 0 Å². The fourth-order valence-electron chi connectivity index (χ4n) is 2.01. The van der Waals surface area contributed by atoms with E-state index in [-0.39, 0.29) is 6.61 Å². The molecule has 4 nitrogen and oxygen atoms in total. The van der Waals surface area contributed by atoms with E-state index in [0.717, 1.165) is 16.2 Å². The number of para-hydroxylation sites is 1. The van der Waals surface area contributed by atoms with Crippen molar-refractivity contribution in [2.75, 3.05) is 25.4 Å². The SMILES string of the molecule is Cc1ccc([S@](=O)CCNC[C@H](O)COc2ccccc2)cc1. The van der Waals surface area contributed by atoms with E-state index in [1.807, 2.05) is 61.5 Å². The molecule has 0 amide bonds. The van der Waals surface area contributed by atoms with E-state index in [2.05, 4.69) is 5.32 Å². The molecule has 0 spiro atoms. The zero-order chi connectivity index (χ0) is 16.5. The number of ether oxygens (including phenoxy) is 1. The minimum Gasteiger partial charge on any atom is -0.491 e. The molecule has 2 atom stereocenters. The van der Waals surface area contributed by atoms with Gasteiger partial charge in [-0.25, -0.2) is 0 Å². The van der Waals surface area contributed by atoms with E-state index < -0.39 is 16.9 Å². The molecular weight excluding hydrogens is 310 g/mol. The van der Waals surface area contributed by atoms with Crippen LogP contribution in [0.15, 0.2) is 59.5 Å². The number of hydrogen-bond acceptors (Lipinski definition) is 4. The Hall–Kier alpha value is -1.69. The van der Waals surface area contributed by atoms with Gasteiger partial charge < -0.3 is 15.2 Å². The van der Waals surface area contributed by atoms with Crippen molar-refractivity contribution in [3.05, 3.63) is 60.2 Å². The third-order valence-corrected chi connectivity index (χ3v) is 4.69. The maximum Gasteiger partial charge on any atom is 0.119 e. The predicted molar refractivity (Wildman–Crippen MR) is 93.3 cm³/mol. The summed E-state index contributed by atoms with van der Waals surface area (Å²) in [5.74, 6) is 1.27. The molecule has 0 bridgehead atoms. The van der Waals surface area contributed by atoms with Crippen molar-refractivity contribution in [3.8, 4) is 5.75 Å². The molecule has 0 aliphatic rings. The summed E-state index contributed by atoms with van der Waals surface area (Å²) in [7, 11) is -1.02. The van der Waals surface area contributed by atoms with Crippen molar-refractivity contribution in [3.63, 3.8) is 0 Å². The Balaban J connectivity index is 1.61. The fourth-order valence-corrected chi connectivity index (χ4v) is 3.01. The van der Waals surface area contributed by atoms with Crippen LogP contribution in [0.4, 0.5) is 0 Å². The Morgan fingerprint density at radius 2 is 1.83 bits per heavy atom. The Bertz CT molecular complexity index is 601. The molecule has 2 N–H and O–H groups in total. The molecule has 23 heavy (non-hydrogen) atoms. The summed E-state index contributed by atoms with van der Waals surface area (Å²) in [6.07, 6.45) is -0.594. The van der Waals surface area contributed by atoms with Crippen molar-refractivity contribution in [1.82, 2.24) is 5.32 Å². The first-order valence-corrected chi connectivity index (χ1v) is 8.99. The van der Waals surface area contributed by atoms with Crippen molar-refractivity contribution in [2.24, 2.45) is 0 Å². The van der Waals surface area contributed by atoms with Crippen LogP contribution >= 0.6 is 0 Å². The summed E-state index contributed by atoms with van der Waals surface area (Å²) < 4.78 is 17.6. The maximum absolute atomic E-state index is 12.1. The molecule has 0 aliphatic heterocycles. The molecule has 2 rings (SSSR count). The first-order valence-electron chi connectivity index (χ1n) is 7.67. The molecule has 0 saturated carbocycles. The lowest BCUT2D eigenvalue weighted by molar-refractivity contribution is 0.107. The third kappa shape index (κ3) is 6.52. The molecule has 0 unspecified atom stereocenters. The van der Waals surface area contributed by atoms with Gasteiger partial charge in [0.05, 0.1) is 10.8 Å². The second-order valence-corrected chi connectivity index (χ2v) is 6.92. The number of aryl methyl sites for hydroxylation is 1. The maximum atomic E-state index is 12.1. The van der Waals surface area contributed by atoms with Crippen LogP contribution in [0.1, 0.15) is 5.56 Å². The molecule has 0 fully saturated rings. The van der Waals surface area contributed by atoms with E-state index in [4.69, 9.17) is 4.74 Å². The van der Waals surface area contributed by atoms with E-state index in [1.54, 1.807) is 0 Å². The summed E-state index contributed by atoms with van der Waals surface area (Å²) in [5, 5.41) is 13.0. The molecule has 0 radical (unpaired) electrons. The first-order chi connectivity index (χ1) is 11.1. The smallest absolute Gasteiger partial charge is 0.119 e. The van der Waals surface area contributed by atoms with E-state index in [0.29, 0.717) is 18.8 Å². The second-order valence-electron chi connectivity index (χ2n) is 5.34. The van der Waals surface area contributed by atoms with Gasteiger partial charge in [-0.1, -0.05) is 35.9 Å². The van der Waals surface area contributed by atoms with Crippen LogP contribution in [-0.2, 0) is 10.8 Å². The lowest BCUT2D eigenvalue weighted by Gasteiger charge is -2.13. The van der Waals surface area contributed by atoms with Crippen molar-refractivity contribution in [2.45, 2.75) is 17.9 Å². The number of nitrogens with one attached hydrogen (secondary N) is 1. The highest BCUT2D eigenvalue weighted by atomic mass is 32.2. The van der Waals surface area contributed by atoms with Gasteiger partial charge in [0, 0.05) is 23.7 Å². The Morgan fingerprint density at radius 3 is 2.52 bits per heavy atom. The highest BCUT2D eigenvalue weighted by molar-refractivity contribution is 7.85. The molecule has 5 heteroatoms. The van der Waals surface area contributed by atoms with Gasteiger partial charge in [0.25, 0.3) is 0 Å². The highest BCUT2D eigenvalue weighted by Gasteiger charge is 2.06. The minimum atomic E-state index is -1.02. The molecule has 0 saturated heterocycles. The number of aliphatic hydroxyl groups excluding tert-OH is 1. The van der Waals surface area contributed by atoms with Crippen LogP contribution in [0.2, 0.25) is 0 Å². The van der Waals surface area contributed by atoms with Crippen LogP contribution in [0, 0.1) is 6.92 Å². The third-order valence-electron chi connectivity index (χ3n) is 3.31. The van der Waals surface area contributed by atoms with Crippen molar-refractivity contribution >= 4 is 10.8 Å². The van der Waals surface area contributed by atoms with E-state index in [9.17, 15) is 9.32 Å². The standard InChI is InChI=1S/C18H23NO3S/c1-15-7-9-18(10-8-15)23(21)12-11-19-13-16(20)14-22-17-5-3-2-4-6-17/h2-10,16,19-20H,11-14H2,1H3/t16-,23+/m0/s1. The Labute approximate surface area is 140 Å². The topological polar surface area (TPSA) is 58.6 Å². The lowest BCUT2D eigenvalue weighted by atomic mass is 10.2. The number of hydrogen-bond donors (Lipinski definition) is 2. The van der Waals surface area contributed by atoms with Crippen LogP contribution < -0.4 is 10.1 Å². The van der Waals surface area contributed by atoms with Crippen LogP contribution in [0.3, 0.4) is 0 Å². The fraction of sp³-hybridized carbons (Fsp3) is 0.333. The molecule has 0 heterocycles. The Morgan fingerprint density at radius 1 is 1.13 bits per heavy atom. The summed E-state index contributed by atoms with van der Waals surface area (Å²) in [4.78, 5) is 0.838. The minimum absolute atomic E-state index is 0.234. The first kappa shape index (κ1) is 17.7. The van der Waals surface area contributed by atoms with Gasteiger partial charge in [-0.15, -0.1) is 0 Å². The van der Waals surface area contributed by atoms with Crippen LogP contribution in [0.5, 0.6) is 5.75 Å². The largest absolute Gasteiger partial charge is 0.491 e. The van der Waals surface area contributed by atoms with Crippen molar-refractivity contribution in [1.29, 1.82) is 0 Å². The van der Waals surface area contributed by atoms with Crippen LogP contribution in [0.25, 0.3) is 0 Å². The second kappa shape index (κ2) is 9.45. The number of rotatable bonds is 9. The van der Waals surface area contributed by atoms with Gasteiger partial charge in [-0.05, 0) is 31.2 Å². The summed E-state index contributed by atoms with van der Waals surface area (Å²) in [5.41, 5.74) is 1.16. The van der Waals surface area contributed by atoms with Gasteiger partial charge >= 0.3 is 0 Å². The normalized spacial score (nSPS) is 13.5. The molecule has 0 aromatic heterocycles. The zero-order valence-electron chi connectivity index (χ0n) is 13.3. The van der Waals surface area contributed by atoms with Crippen LogP contribution in [-0.4, -0.2) is 40.9 Å². The molecule has 0 aliphatic carbocycles. The summed E-state index contributed by atoms with van der Waals surface area (Å²) >= 11 is 0.